The van der Waals surface area contributed by atoms with E-state index in [0.29, 0.717) is 0 Å². The van der Waals surface area contributed by atoms with Crippen molar-refractivity contribution in [2.75, 3.05) is 13.2 Å². The van der Waals surface area contributed by atoms with Crippen molar-refractivity contribution in [2.24, 2.45) is 0 Å². The molecule has 0 N–H and O–H groups in total. The number of carbonyl (C=O) groups excluding carboxylic acids is 2. The van der Waals surface area contributed by atoms with Crippen LogP contribution in [0.4, 0.5) is 0 Å². The summed E-state index contributed by atoms with van der Waals surface area (Å²) in [5.41, 5.74) is 0. The summed E-state index contributed by atoms with van der Waals surface area (Å²) >= 11 is 0. The van der Waals surface area contributed by atoms with Crippen LogP contribution in [0.3, 0.4) is 0 Å². The molecule has 0 fully saturated rings. The van der Waals surface area contributed by atoms with E-state index in [0.717, 1.165) is 0 Å². The van der Waals surface area contributed by atoms with E-state index in [1.807, 2.05) is 0 Å². The minimum Gasteiger partial charge on any atom is -1.00 e. The third-order valence-corrected chi connectivity index (χ3v) is 0.899. The molecule has 0 amide bonds. The Hall–Kier alpha value is 0.940. The van der Waals surface area contributed by atoms with Gasteiger partial charge in [-0.1, -0.05) is 0 Å². The summed E-state index contributed by atoms with van der Waals surface area (Å²) in [7, 11) is 0. The molecular formula is C7H14Na2O4. The summed E-state index contributed by atoms with van der Waals surface area (Å²) < 4.78 is 9.04. The Morgan fingerprint density at radius 2 is 1.31 bits per heavy atom. The van der Waals surface area contributed by atoms with Crippen LogP contribution in [0.5, 0.6) is 0 Å². The molecule has 0 atom stereocenters. The number of hydrogen-bond donors (Lipinski definition) is 0. The fourth-order valence-electron chi connectivity index (χ4n) is 0.542. The molecule has 0 saturated heterocycles. The van der Waals surface area contributed by atoms with E-state index in [1.165, 1.54) is 0 Å². The molecule has 0 aromatic heterocycles. The molecule has 0 aliphatic carbocycles. The Morgan fingerprint density at radius 3 is 1.54 bits per heavy atom. The van der Waals surface area contributed by atoms with Crippen molar-refractivity contribution in [1.82, 2.24) is 0 Å². The zero-order valence-electron chi connectivity index (χ0n) is 10.8. The minimum atomic E-state index is -0.536. The molecule has 0 saturated carbocycles. The van der Waals surface area contributed by atoms with Crippen molar-refractivity contribution in [3.05, 3.63) is 0 Å². The maximum absolute atomic E-state index is 10.6. The quantitative estimate of drug-likeness (QED) is 0.263. The second-order valence-electron chi connectivity index (χ2n) is 1.79. The van der Waals surface area contributed by atoms with Crippen LogP contribution < -0.4 is 59.1 Å². The van der Waals surface area contributed by atoms with Gasteiger partial charge in [-0.3, -0.25) is 9.59 Å². The van der Waals surface area contributed by atoms with E-state index in [1.54, 1.807) is 13.8 Å². The van der Waals surface area contributed by atoms with Gasteiger partial charge in [0.2, 0.25) is 0 Å². The zero-order valence-corrected chi connectivity index (χ0v) is 12.8. The summed E-state index contributed by atoms with van der Waals surface area (Å²) in [6.45, 7) is 3.95. The molecule has 0 aliphatic heterocycles. The Balaban J connectivity index is -0.0000000833. The molecule has 0 unspecified atom stereocenters. The van der Waals surface area contributed by atoms with Crippen LogP contribution in [0.2, 0.25) is 0 Å². The van der Waals surface area contributed by atoms with E-state index < -0.39 is 11.9 Å². The number of hydrogen-bond acceptors (Lipinski definition) is 4. The Kier molecular flexibility index (Phi) is 19.4. The summed E-state index contributed by atoms with van der Waals surface area (Å²) in [5.74, 6) is -1.07. The van der Waals surface area contributed by atoms with Gasteiger partial charge in [0, 0.05) is 0 Å². The maximum atomic E-state index is 10.6. The standard InChI is InChI=1S/C7H12O4.2Na.2H/c1-3-10-6(8)5-7(9)11-4-2;;;;/h3-5H2,1-2H3;;;;/q;2*+1;2*-1. The van der Waals surface area contributed by atoms with Crippen molar-refractivity contribution in [1.29, 1.82) is 0 Å². The first-order chi connectivity index (χ1) is 5.20. The average Bonchev–Trinajstić information content (AvgIpc) is 1.87. The third kappa shape index (κ3) is 12.9. The molecule has 0 aliphatic rings. The summed E-state index contributed by atoms with van der Waals surface area (Å²) in [4.78, 5) is 21.2. The van der Waals surface area contributed by atoms with Gasteiger partial charge < -0.3 is 12.3 Å². The second-order valence-corrected chi connectivity index (χ2v) is 1.79. The molecule has 13 heavy (non-hydrogen) atoms. The summed E-state index contributed by atoms with van der Waals surface area (Å²) in [6, 6.07) is 0. The molecule has 0 rings (SSSR count). The van der Waals surface area contributed by atoms with Crippen LogP contribution in [0.15, 0.2) is 0 Å². The molecule has 0 spiro atoms. The normalized spacial score (nSPS) is 7.54. The van der Waals surface area contributed by atoms with Crippen molar-refractivity contribution in [2.45, 2.75) is 20.3 Å². The predicted octanol–water partition coefficient (Wildman–Crippen LogP) is -5.26. The van der Waals surface area contributed by atoms with Crippen LogP contribution >= 0.6 is 0 Å². The van der Waals surface area contributed by atoms with E-state index in [-0.39, 0.29) is 81.6 Å². The number of ether oxygens (including phenoxy) is 2. The first kappa shape index (κ1) is 19.5. The Morgan fingerprint density at radius 1 is 1.00 bits per heavy atom. The topological polar surface area (TPSA) is 52.6 Å². The largest absolute Gasteiger partial charge is 1.00 e. The van der Waals surface area contributed by atoms with Crippen molar-refractivity contribution in [3.8, 4) is 0 Å². The molecule has 0 aromatic carbocycles. The van der Waals surface area contributed by atoms with Gasteiger partial charge >= 0.3 is 71.1 Å². The summed E-state index contributed by atoms with van der Waals surface area (Å²) in [5, 5.41) is 0. The van der Waals surface area contributed by atoms with E-state index in [4.69, 9.17) is 0 Å². The molecule has 0 bridgehead atoms. The van der Waals surface area contributed by atoms with Crippen LogP contribution in [0.1, 0.15) is 23.1 Å². The molecule has 0 heterocycles. The summed E-state index contributed by atoms with van der Waals surface area (Å²) in [6.07, 6.45) is -0.290. The molecule has 6 heteroatoms. The first-order valence-corrected chi connectivity index (χ1v) is 3.52. The Bertz CT molecular complexity index is 142. The van der Waals surface area contributed by atoms with Crippen LogP contribution in [0, 0.1) is 0 Å². The van der Waals surface area contributed by atoms with Crippen molar-refractivity contribution >= 4 is 11.9 Å². The molecule has 0 radical (unpaired) electrons. The van der Waals surface area contributed by atoms with Gasteiger partial charge in [0.05, 0.1) is 13.2 Å². The average molecular weight is 208 g/mol. The Labute approximate surface area is 125 Å². The van der Waals surface area contributed by atoms with Gasteiger partial charge in [0.15, 0.2) is 0 Å². The van der Waals surface area contributed by atoms with Gasteiger partial charge in [-0.2, -0.15) is 0 Å². The van der Waals surface area contributed by atoms with Crippen LogP contribution in [-0.2, 0) is 19.1 Å². The first-order valence-electron chi connectivity index (χ1n) is 3.52. The van der Waals surface area contributed by atoms with Crippen LogP contribution in [-0.4, -0.2) is 25.2 Å². The molecule has 68 valence electrons. The minimum absolute atomic E-state index is 0. The predicted molar refractivity (Wildman–Crippen MR) is 40.1 cm³/mol. The van der Waals surface area contributed by atoms with E-state index in [2.05, 4.69) is 9.47 Å². The van der Waals surface area contributed by atoms with E-state index in [9.17, 15) is 9.59 Å². The van der Waals surface area contributed by atoms with Gasteiger partial charge in [-0.05, 0) is 13.8 Å². The van der Waals surface area contributed by atoms with Crippen molar-refractivity contribution in [3.63, 3.8) is 0 Å². The fraction of sp³-hybridized carbons (Fsp3) is 0.714. The second kappa shape index (κ2) is 12.9. The zero-order chi connectivity index (χ0) is 8.69. The third-order valence-electron chi connectivity index (χ3n) is 0.899. The SMILES string of the molecule is CCOC(=O)CC(=O)OCC.[H-].[H-].[Na+].[Na+]. The number of rotatable bonds is 4. The maximum Gasteiger partial charge on any atom is 1.00 e. The monoisotopic (exact) mass is 208 g/mol. The van der Waals surface area contributed by atoms with Gasteiger partial charge in [0.1, 0.15) is 6.42 Å². The molecule has 0 aromatic rings. The van der Waals surface area contributed by atoms with E-state index >= 15 is 0 Å². The molecule has 4 nitrogen and oxygen atoms in total. The van der Waals surface area contributed by atoms with Gasteiger partial charge in [-0.25, -0.2) is 0 Å². The van der Waals surface area contributed by atoms with Crippen molar-refractivity contribution < 1.29 is 81.0 Å². The van der Waals surface area contributed by atoms with Gasteiger partial charge in [-0.15, -0.1) is 0 Å². The molecular weight excluding hydrogens is 194 g/mol. The smallest absolute Gasteiger partial charge is 1.00 e. The van der Waals surface area contributed by atoms with Crippen LogP contribution in [0.25, 0.3) is 0 Å². The number of carbonyl (C=O) groups is 2. The number of esters is 2. The fourth-order valence-corrected chi connectivity index (χ4v) is 0.542. The van der Waals surface area contributed by atoms with Gasteiger partial charge in [0.25, 0.3) is 0 Å².